The van der Waals surface area contributed by atoms with Gasteiger partial charge in [0.1, 0.15) is 10.6 Å². The minimum absolute atomic E-state index is 0.0895. The van der Waals surface area contributed by atoms with Crippen LogP contribution in [-0.2, 0) is 17.1 Å². The van der Waals surface area contributed by atoms with E-state index in [-0.39, 0.29) is 34.8 Å². The maximum absolute atomic E-state index is 12.6. The van der Waals surface area contributed by atoms with Crippen LogP contribution in [0.25, 0.3) is 0 Å². The number of ether oxygens (including phenoxy) is 1. The molecule has 1 heterocycles. The zero-order chi connectivity index (χ0) is 21.8. The van der Waals surface area contributed by atoms with Crippen LogP contribution in [0.1, 0.15) is 37.7 Å². The summed E-state index contributed by atoms with van der Waals surface area (Å²) in [6, 6.07) is 4.52. The summed E-state index contributed by atoms with van der Waals surface area (Å²) < 4.78 is 34.5. The fourth-order valence-electron chi connectivity index (χ4n) is 2.32. The number of rotatable bonds is 9. The molecule has 0 atom stereocenters. The number of nitrogens with one attached hydrogen (secondary N) is 2. The van der Waals surface area contributed by atoms with Gasteiger partial charge in [-0.3, -0.25) is 14.9 Å². The van der Waals surface area contributed by atoms with Crippen LogP contribution in [0.3, 0.4) is 0 Å². The second kappa shape index (κ2) is 9.01. The van der Waals surface area contributed by atoms with Crippen molar-refractivity contribution < 1.29 is 22.9 Å². The Labute approximate surface area is 168 Å². The number of carbonyl (C=O) groups excluding carboxylic acids is 1. The molecule has 12 heteroatoms. The smallest absolute Gasteiger partial charge is 0.272 e. The highest BCUT2D eigenvalue weighted by molar-refractivity contribution is 7.89. The number of nitrogens with zero attached hydrogens (tertiary/aromatic N) is 3. The summed E-state index contributed by atoms with van der Waals surface area (Å²) in [4.78, 5) is 22.1. The quantitative estimate of drug-likeness (QED) is 0.461. The molecule has 158 valence electrons. The van der Waals surface area contributed by atoms with Gasteiger partial charge in [-0.15, -0.1) is 0 Å². The number of nitro groups is 1. The molecule has 0 bridgehead atoms. The predicted molar refractivity (Wildman–Crippen MR) is 104 cm³/mol. The van der Waals surface area contributed by atoms with E-state index in [1.54, 1.807) is 20.8 Å². The average Bonchev–Trinajstić information content (AvgIpc) is 3.00. The largest absolute Gasteiger partial charge is 0.438 e. The van der Waals surface area contributed by atoms with Crippen LogP contribution in [-0.4, -0.2) is 41.6 Å². The fraction of sp³-hybridized carbons (Fsp3) is 0.412. The monoisotopic (exact) mass is 425 g/mol. The molecule has 0 saturated carbocycles. The van der Waals surface area contributed by atoms with Crippen molar-refractivity contribution in [1.82, 2.24) is 19.8 Å². The zero-order valence-electron chi connectivity index (χ0n) is 16.5. The summed E-state index contributed by atoms with van der Waals surface area (Å²) in [6.45, 7) is 5.55. The van der Waals surface area contributed by atoms with Gasteiger partial charge in [-0.2, -0.15) is 5.10 Å². The van der Waals surface area contributed by atoms with Crippen molar-refractivity contribution in [3.8, 4) is 11.6 Å². The van der Waals surface area contributed by atoms with E-state index in [1.807, 2.05) is 0 Å². The van der Waals surface area contributed by atoms with Crippen LogP contribution in [0, 0.1) is 10.1 Å². The Morgan fingerprint density at radius 2 is 2.03 bits per heavy atom. The minimum atomic E-state index is -4.06. The molecule has 0 radical (unpaired) electrons. The molecule has 0 aliphatic carbocycles. The Morgan fingerprint density at radius 1 is 1.34 bits per heavy atom. The van der Waals surface area contributed by atoms with Gasteiger partial charge in [-0.25, -0.2) is 17.8 Å². The number of sulfonamides is 1. The van der Waals surface area contributed by atoms with Gasteiger partial charge in [-0.1, -0.05) is 6.92 Å². The zero-order valence-corrected chi connectivity index (χ0v) is 17.3. The molecular weight excluding hydrogens is 402 g/mol. The lowest BCUT2D eigenvalue weighted by molar-refractivity contribution is -0.385. The molecular formula is C17H23N5O6S. The highest BCUT2D eigenvalue weighted by Gasteiger charge is 2.24. The highest BCUT2D eigenvalue weighted by atomic mass is 32.2. The van der Waals surface area contributed by atoms with E-state index in [9.17, 15) is 23.3 Å². The number of benzene rings is 1. The van der Waals surface area contributed by atoms with Crippen molar-refractivity contribution in [2.75, 3.05) is 6.54 Å². The van der Waals surface area contributed by atoms with Gasteiger partial charge in [0.2, 0.25) is 15.9 Å². The van der Waals surface area contributed by atoms with Gasteiger partial charge >= 0.3 is 0 Å². The number of non-ortho nitro benzene ring substituents is 1. The number of aromatic nitrogens is 2. The lowest BCUT2D eigenvalue weighted by Crippen LogP contribution is -2.30. The molecule has 0 fully saturated rings. The third-order valence-electron chi connectivity index (χ3n) is 3.67. The van der Waals surface area contributed by atoms with E-state index in [4.69, 9.17) is 4.74 Å². The minimum Gasteiger partial charge on any atom is -0.438 e. The van der Waals surface area contributed by atoms with Crippen molar-refractivity contribution in [2.24, 2.45) is 7.05 Å². The Hall–Kier alpha value is -2.99. The number of hydrogen-bond donors (Lipinski definition) is 2. The van der Waals surface area contributed by atoms with Crippen molar-refractivity contribution in [1.29, 1.82) is 0 Å². The molecule has 1 aromatic heterocycles. The number of nitro benzene ring substituents is 1. The molecule has 2 N–H and O–H groups in total. The van der Waals surface area contributed by atoms with Gasteiger partial charge < -0.3 is 10.1 Å². The maximum atomic E-state index is 12.6. The Kier molecular flexibility index (Phi) is 6.93. The highest BCUT2D eigenvalue weighted by Crippen LogP contribution is 2.32. The number of aryl methyl sites for hydroxylation is 1. The van der Waals surface area contributed by atoms with E-state index >= 15 is 0 Å². The second-order valence-electron chi connectivity index (χ2n) is 6.51. The van der Waals surface area contributed by atoms with Crippen LogP contribution in [0.15, 0.2) is 29.2 Å². The molecule has 29 heavy (non-hydrogen) atoms. The Bertz CT molecular complexity index is 1020. The SMILES string of the molecule is CCCNS(=O)(=O)c1cc([N+](=O)[O-])ccc1Oc1cc(C(=O)NC(C)C)nn1C. The van der Waals surface area contributed by atoms with Crippen molar-refractivity contribution in [3.63, 3.8) is 0 Å². The summed E-state index contributed by atoms with van der Waals surface area (Å²) in [7, 11) is -2.53. The third kappa shape index (κ3) is 5.51. The van der Waals surface area contributed by atoms with Crippen LogP contribution in [0.2, 0.25) is 0 Å². The first-order valence-electron chi connectivity index (χ1n) is 8.86. The molecule has 2 aromatic rings. The van der Waals surface area contributed by atoms with Crippen LogP contribution < -0.4 is 14.8 Å². The first-order chi connectivity index (χ1) is 13.5. The van der Waals surface area contributed by atoms with Gasteiger partial charge in [-0.05, 0) is 26.3 Å². The Morgan fingerprint density at radius 3 is 2.62 bits per heavy atom. The first-order valence-corrected chi connectivity index (χ1v) is 10.3. The van der Waals surface area contributed by atoms with Crippen molar-refractivity contribution in [2.45, 2.75) is 38.1 Å². The van der Waals surface area contributed by atoms with E-state index in [2.05, 4.69) is 15.1 Å². The molecule has 0 spiro atoms. The van der Waals surface area contributed by atoms with Crippen LogP contribution >= 0.6 is 0 Å². The first kappa shape index (κ1) is 22.3. The summed E-state index contributed by atoms with van der Waals surface area (Å²) >= 11 is 0. The summed E-state index contributed by atoms with van der Waals surface area (Å²) in [5.41, 5.74) is -0.303. The average molecular weight is 425 g/mol. The van der Waals surface area contributed by atoms with Crippen molar-refractivity contribution in [3.05, 3.63) is 40.1 Å². The number of amides is 1. The maximum Gasteiger partial charge on any atom is 0.272 e. The van der Waals surface area contributed by atoms with E-state index in [1.165, 1.54) is 23.9 Å². The molecule has 1 aromatic carbocycles. The standard InChI is InChI=1S/C17H23N5O6S/c1-5-8-18-29(26,27)15-9-12(22(24)25)6-7-14(15)28-16-10-13(20-21(16)4)17(23)19-11(2)3/h6-7,9-11,18H,5,8H2,1-4H3,(H,19,23). The number of hydrogen-bond acceptors (Lipinski definition) is 7. The van der Waals surface area contributed by atoms with E-state index in [0.29, 0.717) is 6.42 Å². The fourth-order valence-corrected chi connectivity index (χ4v) is 3.60. The second-order valence-corrected chi connectivity index (χ2v) is 8.24. The molecule has 1 amide bonds. The van der Waals surface area contributed by atoms with Gasteiger partial charge in [0.05, 0.1) is 4.92 Å². The molecule has 2 rings (SSSR count). The summed E-state index contributed by atoms with van der Waals surface area (Å²) in [5, 5.41) is 17.8. The van der Waals surface area contributed by atoms with Gasteiger partial charge in [0.15, 0.2) is 5.69 Å². The van der Waals surface area contributed by atoms with E-state index in [0.717, 1.165) is 12.1 Å². The Balaban J connectivity index is 2.44. The molecule has 0 saturated heterocycles. The molecule has 0 aliphatic rings. The lowest BCUT2D eigenvalue weighted by atomic mass is 10.3. The molecule has 11 nitrogen and oxygen atoms in total. The van der Waals surface area contributed by atoms with Gasteiger partial charge in [0.25, 0.3) is 11.6 Å². The van der Waals surface area contributed by atoms with Gasteiger partial charge in [0, 0.05) is 37.8 Å². The summed E-state index contributed by atoms with van der Waals surface area (Å²) in [5.74, 6) is -0.440. The topological polar surface area (TPSA) is 145 Å². The van der Waals surface area contributed by atoms with Crippen LogP contribution in [0.5, 0.6) is 11.6 Å². The predicted octanol–water partition coefficient (Wildman–Crippen LogP) is 1.95. The van der Waals surface area contributed by atoms with Crippen LogP contribution in [0.4, 0.5) is 5.69 Å². The molecule has 0 aliphatic heterocycles. The van der Waals surface area contributed by atoms with E-state index < -0.39 is 26.5 Å². The third-order valence-corrected chi connectivity index (χ3v) is 5.16. The lowest BCUT2D eigenvalue weighted by Gasteiger charge is -2.12. The molecule has 0 unspecified atom stereocenters. The summed E-state index contributed by atoms with van der Waals surface area (Å²) in [6.07, 6.45) is 0.542. The van der Waals surface area contributed by atoms with Crippen molar-refractivity contribution >= 4 is 21.6 Å². The normalized spacial score (nSPS) is 11.5. The number of carbonyl (C=O) groups is 1.